The highest BCUT2D eigenvalue weighted by atomic mass is 32.1. The molecule has 0 saturated carbocycles. The molecule has 1 aromatic heterocycles. The van der Waals surface area contributed by atoms with E-state index < -0.39 is 6.10 Å². The molecule has 1 amide bonds. The second-order valence-electron chi connectivity index (χ2n) is 5.20. The van der Waals surface area contributed by atoms with Crippen LogP contribution in [-0.4, -0.2) is 22.2 Å². The van der Waals surface area contributed by atoms with Gasteiger partial charge in [0.05, 0.1) is 0 Å². The van der Waals surface area contributed by atoms with Gasteiger partial charge in [-0.05, 0) is 25.5 Å². The zero-order chi connectivity index (χ0) is 15.9. The first-order valence-corrected chi connectivity index (χ1v) is 8.27. The summed E-state index contributed by atoms with van der Waals surface area (Å²) in [6, 6.07) is 9.27. The maximum Gasteiger partial charge on any atom is 0.266 e. The number of para-hydroxylation sites is 1. The van der Waals surface area contributed by atoms with E-state index in [0.29, 0.717) is 16.8 Å². The van der Waals surface area contributed by atoms with Crippen molar-refractivity contribution in [1.82, 2.24) is 10.2 Å². The molecule has 0 aliphatic rings. The van der Waals surface area contributed by atoms with Gasteiger partial charge in [-0.15, -0.1) is 10.2 Å². The van der Waals surface area contributed by atoms with Crippen molar-refractivity contribution in [2.24, 2.45) is 0 Å². The number of rotatable bonds is 7. The van der Waals surface area contributed by atoms with E-state index in [1.165, 1.54) is 11.3 Å². The lowest BCUT2D eigenvalue weighted by Gasteiger charge is -2.13. The summed E-state index contributed by atoms with van der Waals surface area (Å²) < 4.78 is 5.59. The Morgan fingerprint density at radius 2 is 2.00 bits per heavy atom. The molecule has 1 aromatic carbocycles. The number of hydrogen-bond donors (Lipinski definition) is 1. The summed E-state index contributed by atoms with van der Waals surface area (Å²) in [7, 11) is 0. The van der Waals surface area contributed by atoms with Gasteiger partial charge in [0.15, 0.2) is 6.10 Å². The van der Waals surface area contributed by atoms with Crippen LogP contribution in [0.3, 0.4) is 0 Å². The number of amides is 1. The van der Waals surface area contributed by atoms with Gasteiger partial charge in [0.2, 0.25) is 5.13 Å². The Balaban J connectivity index is 1.91. The fraction of sp³-hybridized carbons (Fsp3) is 0.438. The van der Waals surface area contributed by atoms with Crippen LogP contribution < -0.4 is 10.1 Å². The van der Waals surface area contributed by atoms with Crippen molar-refractivity contribution in [3.63, 3.8) is 0 Å². The zero-order valence-corrected chi connectivity index (χ0v) is 13.9. The predicted octanol–water partition coefficient (Wildman–Crippen LogP) is 3.85. The number of carbonyl (C=O) groups is 1. The molecule has 1 N–H and O–H groups in total. The summed E-state index contributed by atoms with van der Waals surface area (Å²) in [5, 5.41) is 12.4. The van der Waals surface area contributed by atoms with Gasteiger partial charge in [-0.2, -0.15) is 0 Å². The van der Waals surface area contributed by atoms with Crippen LogP contribution >= 0.6 is 11.3 Å². The van der Waals surface area contributed by atoms with Gasteiger partial charge in [0, 0.05) is 5.92 Å². The monoisotopic (exact) mass is 319 g/mol. The molecule has 0 radical (unpaired) electrons. The Labute approximate surface area is 134 Å². The molecule has 0 aliphatic heterocycles. The predicted molar refractivity (Wildman–Crippen MR) is 88.4 cm³/mol. The normalized spacial score (nSPS) is 13.4. The molecule has 0 spiro atoms. The molecule has 22 heavy (non-hydrogen) atoms. The highest BCUT2D eigenvalue weighted by Gasteiger charge is 2.18. The van der Waals surface area contributed by atoms with Gasteiger partial charge < -0.3 is 4.74 Å². The Morgan fingerprint density at radius 3 is 2.68 bits per heavy atom. The summed E-state index contributed by atoms with van der Waals surface area (Å²) in [5.41, 5.74) is 0. The molecule has 0 fully saturated rings. The minimum Gasteiger partial charge on any atom is -0.481 e. The Bertz CT molecular complexity index is 600. The van der Waals surface area contributed by atoms with Crippen molar-refractivity contribution in [1.29, 1.82) is 0 Å². The third-order valence-corrected chi connectivity index (χ3v) is 4.31. The third kappa shape index (κ3) is 4.53. The standard InChI is InChI=1S/C16H21N3O2S/c1-4-8-11(2)15-18-19-16(22-15)17-14(20)12(3)21-13-9-6-5-7-10-13/h5-7,9-12H,4,8H2,1-3H3,(H,17,19,20)/t11-,12-/m0/s1. The molecular formula is C16H21N3O2S. The number of ether oxygens (including phenoxy) is 1. The van der Waals surface area contributed by atoms with Crippen molar-refractivity contribution in [3.05, 3.63) is 35.3 Å². The molecule has 1 heterocycles. The van der Waals surface area contributed by atoms with Crippen molar-refractivity contribution in [3.8, 4) is 5.75 Å². The molecule has 0 bridgehead atoms. The van der Waals surface area contributed by atoms with Crippen molar-refractivity contribution < 1.29 is 9.53 Å². The first kappa shape index (κ1) is 16.4. The highest BCUT2D eigenvalue weighted by Crippen LogP contribution is 2.26. The van der Waals surface area contributed by atoms with E-state index in [1.807, 2.05) is 30.3 Å². The summed E-state index contributed by atoms with van der Waals surface area (Å²) in [6.45, 7) is 5.98. The second kappa shape index (κ2) is 7.89. The molecule has 0 saturated heterocycles. The van der Waals surface area contributed by atoms with Crippen LogP contribution in [0.1, 0.15) is 44.5 Å². The van der Waals surface area contributed by atoms with Gasteiger partial charge >= 0.3 is 0 Å². The molecule has 0 aliphatic carbocycles. The average Bonchev–Trinajstić information content (AvgIpc) is 2.97. The van der Waals surface area contributed by atoms with E-state index in [1.54, 1.807) is 6.92 Å². The summed E-state index contributed by atoms with van der Waals surface area (Å²) >= 11 is 1.42. The van der Waals surface area contributed by atoms with Crippen LogP contribution in [0.4, 0.5) is 5.13 Å². The van der Waals surface area contributed by atoms with E-state index in [-0.39, 0.29) is 5.91 Å². The number of anilines is 1. The topological polar surface area (TPSA) is 64.1 Å². The van der Waals surface area contributed by atoms with E-state index in [4.69, 9.17) is 4.74 Å². The molecule has 118 valence electrons. The lowest BCUT2D eigenvalue weighted by molar-refractivity contribution is -0.122. The van der Waals surface area contributed by atoms with Crippen LogP contribution in [0.25, 0.3) is 0 Å². The SMILES string of the molecule is CCC[C@H](C)c1nnc(NC(=O)[C@H](C)Oc2ccccc2)s1. The molecule has 5 nitrogen and oxygen atoms in total. The van der Waals surface area contributed by atoms with Gasteiger partial charge in [-0.1, -0.05) is 49.8 Å². The minimum atomic E-state index is -0.595. The number of aromatic nitrogens is 2. The first-order valence-electron chi connectivity index (χ1n) is 7.46. The fourth-order valence-electron chi connectivity index (χ4n) is 2.00. The largest absolute Gasteiger partial charge is 0.481 e. The maximum absolute atomic E-state index is 12.1. The molecule has 2 rings (SSSR count). The van der Waals surface area contributed by atoms with Crippen LogP contribution in [-0.2, 0) is 4.79 Å². The van der Waals surface area contributed by atoms with E-state index in [0.717, 1.165) is 17.8 Å². The molecular weight excluding hydrogens is 298 g/mol. The summed E-state index contributed by atoms with van der Waals surface area (Å²) in [4.78, 5) is 12.1. The average molecular weight is 319 g/mol. The summed E-state index contributed by atoms with van der Waals surface area (Å²) in [5.74, 6) is 0.806. The number of carbonyl (C=O) groups excluding carboxylic acids is 1. The lowest BCUT2D eigenvalue weighted by atomic mass is 10.1. The minimum absolute atomic E-state index is 0.227. The van der Waals surface area contributed by atoms with Gasteiger partial charge in [-0.25, -0.2) is 0 Å². The smallest absolute Gasteiger partial charge is 0.266 e. The maximum atomic E-state index is 12.1. The zero-order valence-electron chi connectivity index (χ0n) is 13.1. The van der Waals surface area contributed by atoms with E-state index in [2.05, 4.69) is 29.4 Å². The summed E-state index contributed by atoms with van der Waals surface area (Å²) in [6.07, 6.45) is 1.57. The Kier molecular flexibility index (Phi) is 5.89. The number of hydrogen-bond acceptors (Lipinski definition) is 5. The van der Waals surface area contributed by atoms with Gasteiger partial charge in [-0.3, -0.25) is 10.1 Å². The van der Waals surface area contributed by atoms with Crippen LogP contribution in [0.15, 0.2) is 30.3 Å². The lowest BCUT2D eigenvalue weighted by Crippen LogP contribution is -2.30. The van der Waals surface area contributed by atoms with Gasteiger partial charge in [0.1, 0.15) is 10.8 Å². The van der Waals surface area contributed by atoms with Crippen LogP contribution in [0.5, 0.6) is 5.75 Å². The second-order valence-corrected chi connectivity index (χ2v) is 6.21. The van der Waals surface area contributed by atoms with Crippen molar-refractivity contribution >= 4 is 22.4 Å². The van der Waals surface area contributed by atoms with Gasteiger partial charge in [0.25, 0.3) is 5.91 Å². The van der Waals surface area contributed by atoms with E-state index >= 15 is 0 Å². The Morgan fingerprint density at radius 1 is 1.27 bits per heavy atom. The van der Waals surface area contributed by atoms with Crippen LogP contribution in [0, 0.1) is 0 Å². The molecule has 6 heteroatoms. The molecule has 2 atom stereocenters. The van der Waals surface area contributed by atoms with E-state index in [9.17, 15) is 4.79 Å². The van der Waals surface area contributed by atoms with Crippen molar-refractivity contribution in [2.75, 3.05) is 5.32 Å². The third-order valence-electron chi connectivity index (χ3n) is 3.24. The molecule has 0 unspecified atom stereocenters. The fourth-order valence-corrected chi connectivity index (χ4v) is 2.84. The highest BCUT2D eigenvalue weighted by molar-refractivity contribution is 7.15. The van der Waals surface area contributed by atoms with Crippen molar-refractivity contribution in [2.45, 2.75) is 45.6 Å². The molecule has 2 aromatic rings. The number of nitrogens with one attached hydrogen (secondary N) is 1. The Hall–Kier alpha value is -1.95. The first-order chi connectivity index (χ1) is 10.6. The van der Waals surface area contributed by atoms with Crippen LogP contribution in [0.2, 0.25) is 0 Å². The number of nitrogens with zero attached hydrogens (tertiary/aromatic N) is 2. The quantitative estimate of drug-likeness (QED) is 0.842. The number of benzene rings is 1.